The van der Waals surface area contributed by atoms with Gasteiger partial charge in [-0.2, -0.15) is 0 Å². The average molecular weight is 234 g/mol. The summed E-state index contributed by atoms with van der Waals surface area (Å²) >= 11 is 1.28. The molecule has 0 atom stereocenters. The van der Waals surface area contributed by atoms with E-state index in [4.69, 9.17) is 0 Å². The Morgan fingerprint density at radius 2 is 1.88 bits per heavy atom. The van der Waals surface area contributed by atoms with Gasteiger partial charge in [-0.25, -0.2) is 0 Å². The van der Waals surface area contributed by atoms with Crippen molar-refractivity contribution in [3.8, 4) is 0 Å². The number of ketones is 1. The lowest BCUT2D eigenvalue weighted by atomic mass is 10.1. The summed E-state index contributed by atoms with van der Waals surface area (Å²) < 4.78 is 0. The standard InChI is InChI=1S/C13H14O2S/c1-3-16-13(15)9-6-11-4-7-12(8-5-11)10(2)14/h4-9H,3H2,1-2H3/b9-6+. The normalized spacial score (nSPS) is 10.6. The summed E-state index contributed by atoms with van der Waals surface area (Å²) in [7, 11) is 0. The molecule has 0 aliphatic rings. The van der Waals surface area contributed by atoms with Gasteiger partial charge in [-0.1, -0.05) is 49.0 Å². The minimum Gasteiger partial charge on any atom is -0.295 e. The molecule has 16 heavy (non-hydrogen) atoms. The first-order chi connectivity index (χ1) is 7.63. The zero-order valence-electron chi connectivity index (χ0n) is 9.40. The van der Waals surface area contributed by atoms with Crippen LogP contribution in [-0.4, -0.2) is 16.7 Å². The molecule has 1 rings (SSSR count). The van der Waals surface area contributed by atoms with Crippen molar-refractivity contribution in [2.24, 2.45) is 0 Å². The van der Waals surface area contributed by atoms with Gasteiger partial charge in [0.05, 0.1) is 0 Å². The Balaban J connectivity index is 2.68. The van der Waals surface area contributed by atoms with Gasteiger partial charge in [0.2, 0.25) is 5.12 Å². The SMILES string of the molecule is CCSC(=O)/C=C/c1ccc(C(C)=O)cc1. The van der Waals surface area contributed by atoms with E-state index in [1.54, 1.807) is 24.3 Å². The first kappa shape index (κ1) is 12.7. The second-order valence-electron chi connectivity index (χ2n) is 3.26. The summed E-state index contributed by atoms with van der Waals surface area (Å²) in [4.78, 5) is 22.2. The molecule has 0 heterocycles. The van der Waals surface area contributed by atoms with E-state index in [2.05, 4.69) is 0 Å². The molecule has 1 aromatic rings. The van der Waals surface area contributed by atoms with Crippen LogP contribution in [0.25, 0.3) is 6.08 Å². The summed E-state index contributed by atoms with van der Waals surface area (Å²) in [6.45, 7) is 3.48. The quantitative estimate of drug-likeness (QED) is 0.592. The van der Waals surface area contributed by atoms with E-state index >= 15 is 0 Å². The lowest BCUT2D eigenvalue weighted by molar-refractivity contribution is -0.106. The first-order valence-electron chi connectivity index (χ1n) is 5.09. The minimum absolute atomic E-state index is 0.0492. The van der Waals surface area contributed by atoms with Crippen molar-refractivity contribution in [3.63, 3.8) is 0 Å². The molecule has 3 heteroatoms. The molecule has 0 fully saturated rings. The third-order valence-corrected chi connectivity index (χ3v) is 2.72. The van der Waals surface area contributed by atoms with Crippen LogP contribution in [0.15, 0.2) is 30.3 Å². The number of hydrogen-bond donors (Lipinski definition) is 0. The molecule has 0 bridgehead atoms. The van der Waals surface area contributed by atoms with Gasteiger partial charge >= 0.3 is 0 Å². The van der Waals surface area contributed by atoms with Crippen LogP contribution in [0.4, 0.5) is 0 Å². The molecule has 0 N–H and O–H groups in total. The van der Waals surface area contributed by atoms with Crippen LogP contribution in [-0.2, 0) is 4.79 Å². The van der Waals surface area contributed by atoms with Gasteiger partial charge in [0, 0.05) is 5.56 Å². The molecule has 0 spiro atoms. The van der Waals surface area contributed by atoms with Gasteiger partial charge in [0.25, 0.3) is 0 Å². The van der Waals surface area contributed by atoms with E-state index in [-0.39, 0.29) is 10.9 Å². The van der Waals surface area contributed by atoms with Crippen LogP contribution < -0.4 is 0 Å². The maximum Gasteiger partial charge on any atom is 0.212 e. The molecular weight excluding hydrogens is 220 g/mol. The van der Waals surface area contributed by atoms with Gasteiger partial charge < -0.3 is 0 Å². The average Bonchev–Trinajstić information content (AvgIpc) is 2.27. The fourth-order valence-corrected chi connectivity index (χ4v) is 1.63. The topological polar surface area (TPSA) is 34.1 Å². The maximum absolute atomic E-state index is 11.2. The fourth-order valence-electron chi connectivity index (χ4n) is 1.18. The zero-order valence-corrected chi connectivity index (χ0v) is 10.2. The highest BCUT2D eigenvalue weighted by Gasteiger charge is 1.98. The predicted molar refractivity (Wildman–Crippen MR) is 68.6 cm³/mol. The number of carbonyl (C=O) groups excluding carboxylic acids is 2. The molecule has 2 nitrogen and oxygen atoms in total. The maximum atomic E-state index is 11.2. The minimum atomic E-state index is 0.0492. The van der Waals surface area contributed by atoms with E-state index in [0.717, 1.165) is 11.3 Å². The highest BCUT2D eigenvalue weighted by molar-refractivity contribution is 8.14. The van der Waals surface area contributed by atoms with Crippen molar-refractivity contribution < 1.29 is 9.59 Å². The molecule has 0 unspecified atom stereocenters. The summed E-state index contributed by atoms with van der Waals surface area (Å²) in [6, 6.07) is 7.19. The number of thioether (sulfide) groups is 1. The highest BCUT2D eigenvalue weighted by atomic mass is 32.2. The zero-order chi connectivity index (χ0) is 12.0. The van der Waals surface area contributed by atoms with Crippen molar-refractivity contribution in [2.75, 3.05) is 5.75 Å². The number of benzene rings is 1. The summed E-state index contributed by atoms with van der Waals surface area (Å²) in [5.74, 6) is 0.833. The second kappa shape index (κ2) is 6.28. The van der Waals surface area contributed by atoms with Crippen molar-refractivity contribution in [1.29, 1.82) is 0 Å². The Bertz CT molecular complexity index is 404. The summed E-state index contributed by atoms with van der Waals surface area (Å²) in [6.07, 6.45) is 3.31. The predicted octanol–water partition coefficient (Wildman–Crippen LogP) is 3.18. The molecule has 0 amide bonds. The van der Waals surface area contributed by atoms with Crippen LogP contribution in [0.1, 0.15) is 29.8 Å². The molecule has 0 aliphatic heterocycles. The van der Waals surface area contributed by atoms with Crippen LogP contribution in [0.2, 0.25) is 0 Å². The summed E-state index contributed by atoms with van der Waals surface area (Å²) in [5, 5.41) is 0.0538. The molecule has 84 valence electrons. The van der Waals surface area contributed by atoms with E-state index in [0.29, 0.717) is 5.56 Å². The smallest absolute Gasteiger partial charge is 0.212 e. The molecule has 0 radical (unpaired) electrons. The number of Topliss-reactive ketones (excluding diaryl/α,β-unsaturated/α-hetero) is 1. The van der Waals surface area contributed by atoms with E-state index < -0.39 is 0 Å². The van der Waals surface area contributed by atoms with Gasteiger partial charge in [-0.15, -0.1) is 0 Å². The molecule has 0 aromatic heterocycles. The van der Waals surface area contributed by atoms with Crippen LogP contribution in [0.3, 0.4) is 0 Å². The van der Waals surface area contributed by atoms with Crippen LogP contribution in [0.5, 0.6) is 0 Å². The first-order valence-corrected chi connectivity index (χ1v) is 6.08. The number of carbonyl (C=O) groups is 2. The monoisotopic (exact) mass is 234 g/mol. The van der Waals surface area contributed by atoms with Crippen LogP contribution >= 0.6 is 11.8 Å². The van der Waals surface area contributed by atoms with Gasteiger partial charge in [0.15, 0.2) is 5.78 Å². The molecule has 1 aromatic carbocycles. The largest absolute Gasteiger partial charge is 0.295 e. The number of rotatable bonds is 4. The van der Waals surface area contributed by atoms with E-state index in [9.17, 15) is 9.59 Å². The van der Waals surface area contributed by atoms with Gasteiger partial charge in [-0.3, -0.25) is 9.59 Å². The van der Waals surface area contributed by atoms with Gasteiger partial charge in [0.1, 0.15) is 0 Å². The lowest BCUT2D eigenvalue weighted by Gasteiger charge is -1.96. The Labute approximate surface area is 99.7 Å². The Hall–Kier alpha value is -1.35. The fraction of sp³-hybridized carbons (Fsp3) is 0.231. The van der Waals surface area contributed by atoms with Crippen molar-refractivity contribution >= 4 is 28.7 Å². The third-order valence-electron chi connectivity index (χ3n) is 2.02. The molecular formula is C13H14O2S. The third kappa shape index (κ3) is 4.03. The van der Waals surface area contributed by atoms with Crippen molar-refractivity contribution in [3.05, 3.63) is 41.5 Å². The molecule has 0 saturated heterocycles. The highest BCUT2D eigenvalue weighted by Crippen LogP contribution is 2.09. The number of hydrogen-bond acceptors (Lipinski definition) is 3. The molecule has 0 saturated carbocycles. The van der Waals surface area contributed by atoms with Crippen molar-refractivity contribution in [1.82, 2.24) is 0 Å². The lowest BCUT2D eigenvalue weighted by Crippen LogP contribution is -1.90. The Morgan fingerprint density at radius 3 is 2.38 bits per heavy atom. The van der Waals surface area contributed by atoms with Gasteiger partial charge in [-0.05, 0) is 24.3 Å². The van der Waals surface area contributed by atoms with Crippen LogP contribution in [0, 0.1) is 0 Å². The van der Waals surface area contributed by atoms with E-state index in [1.807, 2.05) is 19.1 Å². The van der Waals surface area contributed by atoms with Crippen molar-refractivity contribution in [2.45, 2.75) is 13.8 Å². The summed E-state index contributed by atoms with van der Waals surface area (Å²) in [5.41, 5.74) is 1.61. The second-order valence-corrected chi connectivity index (χ2v) is 4.53. The Morgan fingerprint density at radius 1 is 1.25 bits per heavy atom. The van der Waals surface area contributed by atoms with E-state index in [1.165, 1.54) is 18.7 Å². The Kier molecular flexibility index (Phi) is 4.99. The molecule has 0 aliphatic carbocycles.